The van der Waals surface area contributed by atoms with Crippen LogP contribution >= 0.6 is 11.8 Å². The first-order chi connectivity index (χ1) is 11.7. The summed E-state index contributed by atoms with van der Waals surface area (Å²) in [4.78, 5) is 26.6. The van der Waals surface area contributed by atoms with Crippen molar-refractivity contribution in [3.63, 3.8) is 0 Å². The normalized spacial score (nSPS) is 13.1. The number of carbonyl (C=O) groups is 2. The first-order valence-electron chi connectivity index (χ1n) is 7.34. The van der Waals surface area contributed by atoms with E-state index >= 15 is 0 Å². The van der Waals surface area contributed by atoms with Crippen LogP contribution in [0.25, 0.3) is 0 Å². The van der Waals surface area contributed by atoms with Gasteiger partial charge in [-0.1, -0.05) is 24.3 Å². The number of hydrogen-bond donors (Lipinski definition) is 0. The summed E-state index contributed by atoms with van der Waals surface area (Å²) < 4.78 is 5.25. The van der Waals surface area contributed by atoms with Crippen LogP contribution in [0, 0.1) is 11.3 Å². The van der Waals surface area contributed by atoms with Crippen molar-refractivity contribution in [3.05, 3.63) is 59.7 Å². The zero-order valence-corrected chi connectivity index (χ0v) is 13.6. The predicted molar refractivity (Wildman–Crippen MR) is 90.5 cm³/mol. The number of nitriles is 1. The molecular weight excluding hydrogens is 324 g/mol. The summed E-state index contributed by atoms with van der Waals surface area (Å²) in [6.45, 7) is 0.00958. The fraction of sp³-hybridized carbons (Fsp3) is 0.167. The highest BCUT2D eigenvalue weighted by molar-refractivity contribution is 8.00. The lowest BCUT2D eigenvalue weighted by molar-refractivity contribution is -0.144. The quantitative estimate of drug-likeness (QED) is 0.802. The van der Waals surface area contributed by atoms with Crippen molar-refractivity contribution in [1.82, 2.24) is 0 Å². The number of amides is 1. The number of fused-ring (bicyclic) bond motifs is 1. The Balaban J connectivity index is 1.62. The topological polar surface area (TPSA) is 70.4 Å². The van der Waals surface area contributed by atoms with Crippen molar-refractivity contribution in [2.24, 2.45) is 0 Å². The van der Waals surface area contributed by atoms with E-state index in [-0.39, 0.29) is 19.1 Å². The summed E-state index contributed by atoms with van der Waals surface area (Å²) in [5.74, 6) is -0.247. The van der Waals surface area contributed by atoms with Crippen molar-refractivity contribution in [2.75, 3.05) is 17.2 Å². The van der Waals surface area contributed by atoms with E-state index in [1.165, 1.54) is 16.7 Å². The number of carbonyl (C=O) groups excluding carboxylic acids is 2. The van der Waals surface area contributed by atoms with Gasteiger partial charge in [0.2, 0.25) is 5.91 Å². The Morgan fingerprint density at radius 3 is 2.71 bits per heavy atom. The van der Waals surface area contributed by atoms with Crippen molar-refractivity contribution in [1.29, 1.82) is 5.26 Å². The van der Waals surface area contributed by atoms with E-state index in [4.69, 9.17) is 10.00 Å². The summed E-state index contributed by atoms with van der Waals surface area (Å²) in [5.41, 5.74) is 2.09. The van der Waals surface area contributed by atoms with E-state index in [0.29, 0.717) is 11.3 Å². The first kappa shape index (κ1) is 16.1. The molecular formula is C18H14N2O3S. The van der Waals surface area contributed by atoms with Crippen molar-refractivity contribution < 1.29 is 14.3 Å². The first-order valence-corrected chi connectivity index (χ1v) is 8.33. The van der Waals surface area contributed by atoms with Gasteiger partial charge in [-0.2, -0.15) is 5.26 Å². The van der Waals surface area contributed by atoms with E-state index in [1.807, 2.05) is 30.3 Å². The predicted octanol–water partition coefficient (Wildman–Crippen LogP) is 2.74. The molecule has 1 aliphatic heterocycles. The Labute approximate surface area is 143 Å². The van der Waals surface area contributed by atoms with Crippen LogP contribution in [-0.4, -0.2) is 24.2 Å². The highest BCUT2D eigenvalue weighted by Crippen LogP contribution is 2.34. The van der Waals surface area contributed by atoms with Crippen molar-refractivity contribution in [3.8, 4) is 6.07 Å². The average Bonchev–Trinajstić information content (AvgIpc) is 2.63. The molecule has 0 atom stereocenters. The van der Waals surface area contributed by atoms with E-state index in [0.717, 1.165) is 16.1 Å². The second kappa shape index (κ2) is 7.20. The molecule has 0 radical (unpaired) electrons. The third-order valence-electron chi connectivity index (χ3n) is 3.58. The Morgan fingerprint density at radius 2 is 1.96 bits per heavy atom. The van der Waals surface area contributed by atoms with Crippen LogP contribution in [0.3, 0.4) is 0 Å². The fourth-order valence-electron chi connectivity index (χ4n) is 2.34. The third-order valence-corrected chi connectivity index (χ3v) is 4.63. The lowest BCUT2D eigenvalue weighted by Crippen LogP contribution is -2.39. The minimum atomic E-state index is -0.464. The highest BCUT2D eigenvalue weighted by Gasteiger charge is 2.26. The zero-order chi connectivity index (χ0) is 16.9. The summed E-state index contributed by atoms with van der Waals surface area (Å²) in [5, 5.41) is 8.76. The van der Waals surface area contributed by atoms with Gasteiger partial charge in [0.05, 0.1) is 23.1 Å². The molecule has 0 fully saturated rings. The molecule has 0 saturated heterocycles. The lowest BCUT2D eigenvalue weighted by Gasteiger charge is -2.27. The number of para-hydroxylation sites is 1. The molecule has 2 aromatic rings. The number of esters is 1. The van der Waals surface area contributed by atoms with E-state index in [2.05, 4.69) is 0 Å². The summed E-state index contributed by atoms with van der Waals surface area (Å²) in [6.07, 6.45) is 0. The van der Waals surface area contributed by atoms with Crippen LogP contribution in [0.1, 0.15) is 11.1 Å². The minimum absolute atomic E-state index is 0.103. The van der Waals surface area contributed by atoms with Gasteiger partial charge in [0, 0.05) is 4.90 Å². The molecule has 0 unspecified atom stereocenters. The Bertz CT molecular complexity index is 812. The SMILES string of the molecule is N#Cc1ccc(COC(=O)CN2C(=O)CSc3ccccc32)cc1. The summed E-state index contributed by atoms with van der Waals surface area (Å²) in [7, 11) is 0. The third kappa shape index (κ3) is 3.58. The van der Waals surface area contributed by atoms with E-state index < -0.39 is 5.97 Å². The number of nitrogens with zero attached hydrogens (tertiary/aromatic N) is 2. The zero-order valence-electron chi connectivity index (χ0n) is 12.8. The van der Waals surface area contributed by atoms with E-state index in [9.17, 15) is 9.59 Å². The van der Waals surface area contributed by atoms with Crippen LogP contribution in [0.4, 0.5) is 5.69 Å². The second-order valence-corrected chi connectivity index (χ2v) is 6.22. The van der Waals surface area contributed by atoms with Gasteiger partial charge < -0.3 is 4.74 Å². The highest BCUT2D eigenvalue weighted by atomic mass is 32.2. The van der Waals surface area contributed by atoms with Crippen LogP contribution in [0.5, 0.6) is 0 Å². The molecule has 24 heavy (non-hydrogen) atoms. The molecule has 0 aliphatic carbocycles. The van der Waals surface area contributed by atoms with Crippen molar-refractivity contribution >= 4 is 29.3 Å². The van der Waals surface area contributed by atoms with Gasteiger partial charge in [-0.05, 0) is 29.8 Å². The number of hydrogen-bond acceptors (Lipinski definition) is 5. The summed E-state index contributed by atoms with van der Waals surface area (Å²) in [6, 6.07) is 16.4. The van der Waals surface area contributed by atoms with Gasteiger partial charge in [0.15, 0.2) is 0 Å². The number of anilines is 1. The Morgan fingerprint density at radius 1 is 1.21 bits per heavy atom. The lowest BCUT2D eigenvalue weighted by atomic mass is 10.2. The molecule has 120 valence electrons. The molecule has 0 spiro atoms. The molecule has 1 heterocycles. The number of rotatable bonds is 4. The number of benzene rings is 2. The molecule has 0 N–H and O–H groups in total. The van der Waals surface area contributed by atoms with Gasteiger partial charge in [0.1, 0.15) is 13.2 Å². The second-order valence-electron chi connectivity index (χ2n) is 5.21. The molecule has 2 aromatic carbocycles. The largest absolute Gasteiger partial charge is 0.459 e. The molecule has 0 bridgehead atoms. The number of ether oxygens (including phenoxy) is 1. The van der Waals surface area contributed by atoms with Crippen LogP contribution < -0.4 is 4.90 Å². The van der Waals surface area contributed by atoms with Gasteiger partial charge in [-0.25, -0.2) is 0 Å². The number of thioether (sulfide) groups is 1. The molecule has 3 rings (SSSR count). The van der Waals surface area contributed by atoms with Crippen LogP contribution in [0.15, 0.2) is 53.4 Å². The Hall–Kier alpha value is -2.78. The van der Waals surface area contributed by atoms with Crippen LogP contribution in [-0.2, 0) is 20.9 Å². The molecule has 5 nitrogen and oxygen atoms in total. The monoisotopic (exact) mass is 338 g/mol. The summed E-state index contributed by atoms with van der Waals surface area (Å²) >= 11 is 1.47. The fourth-order valence-corrected chi connectivity index (χ4v) is 3.28. The van der Waals surface area contributed by atoms with Gasteiger partial charge in [0.25, 0.3) is 0 Å². The van der Waals surface area contributed by atoms with Gasteiger partial charge >= 0.3 is 5.97 Å². The molecule has 0 aromatic heterocycles. The standard InChI is InChI=1S/C18H14N2O3S/c19-9-13-5-7-14(8-6-13)11-23-18(22)10-20-15-3-1-2-4-16(15)24-12-17(20)21/h1-8H,10-12H2. The van der Waals surface area contributed by atoms with Crippen molar-refractivity contribution in [2.45, 2.75) is 11.5 Å². The maximum absolute atomic E-state index is 12.1. The van der Waals surface area contributed by atoms with Gasteiger partial charge in [-0.3, -0.25) is 14.5 Å². The molecule has 0 saturated carbocycles. The average molecular weight is 338 g/mol. The smallest absolute Gasteiger partial charge is 0.326 e. The minimum Gasteiger partial charge on any atom is -0.459 e. The van der Waals surface area contributed by atoms with Crippen LogP contribution in [0.2, 0.25) is 0 Å². The Kier molecular flexibility index (Phi) is 4.82. The maximum atomic E-state index is 12.1. The maximum Gasteiger partial charge on any atom is 0.326 e. The van der Waals surface area contributed by atoms with Gasteiger partial charge in [-0.15, -0.1) is 11.8 Å². The molecule has 1 amide bonds. The van der Waals surface area contributed by atoms with E-state index in [1.54, 1.807) is 24.3 Å². The molecule has 1 aliphatic rings. The molecule has 6 heteroatoms.